The largest absolute Gasteiger partial charge is 0.370 e. The molecule has 3 aromatic rings. The van der Waals surface area contributed by atoms with Gasteiger partial charge in [0.15, 0.2) is 5.15 Å². The molecule has 31 heavy (non-hydrogen) atoms. The average molecular weight is 458 g/mol. The van der Waals surface area contributed by atoms with Crippen molar-refractivity contribution >= 4 is 51.4 Å². The van der Waals surface area contributed by atoms with E-state index in [1.165, 1.54) is 32.4 Å². The van der Waals surface area contributed by atoms with Crippen LogP contribution in [0.15, 0.2) is 24.5 Å². The third kappa shape index (κ3) is 3.73. The number of hydrogen-bond donors (Lipinski definition) is 1. The van der Waals surface area contributed by atoms with Crippen molar-refractivity contribution in [2.24, 2.45) is 0 Å². The first-order chi connectivity index (χ1) is 15.2. The monoisotopic (exact) mass is 457 g/mol. The molecule has 1 N–H and O–H groups in total. The SMILES string of the molecule is Clc1cc2cnc(Nc3cnn(C4CC4)c3Cl)nc2cc1N1CCC(N2CCC2)CC1. The van der Waals surface area contributed by atoms with Crippen LogP contribution in [0.5, 0.6) is 0 Å². The molecule has 6 rings (SSSR count). The van der Waals surface area contributed by atoms with Crippen LogP contribution in [0.3, 0.4) is 0 Å². The highest BCUT2D eigenvalue weighted by Gasteiger charge is 2.29. The van der Waals surface area contributed by atoms with E-state index in [1.54, 1.807) is 12.4 Å². The minimum Gasteiger partial charge on any atom is -0.370 e. The van der Waals surface area contributed by atoms with E-state index in [-0.39, 0.29) is 0 Å². The lowest BCUT2D eigenvalue weighted by Gasteiger charge is -2.43. The van der Waals surface area contributed by atoms with Gasteiger partial charge in [0.25, 0.3) is 0 Å². The van der Waals surface area contributed by atoms with Crippen molar-refractivity contribution in [3.63, 3.8) is 0 Å². The summed E-state index contributed by atoms with van der Waals surface area (Å²) in [7, 11) is 0. The second-order valence-corrected chi connectivity index (χ2v) is 9.58. The van der Waals surface area contributed by atoms with Gasteiger partial charge in [-0.1, -0.05) is 23.2 Å². The topological polar surface area (TPSA) is 62.1 Å². The van der Waals surface area contributed by atoms with Crippen molar-refractivity contribution in [3.05, 3.63) is 34.7 Å². The molecule has 1 saturated carbocycles. The fourth-order valence-electron chi connectivity index (χ4n) is 4.65. The molecule has 1 aromatic carbocycles. The second-order valence-electron chi connectivity index (χ2n) is 8.81. The van der Waals surface area contributed by atoms with Gasteiger partial charge in [-0.15, -0.1) is 0 Å². The van der Waals surface area contributed by atoms with Crippen LogP contribution in [-0.2, 0) is 0 Å². The maximum absolute atomic E-state index is 6.65. The van der Waals surface area contributed by atoms with Gasteiger partial charge in [-0.05, 0) is 57.3 Å². The Balaban J connectivity index is 1.23. The normalized spacial score (nSPS) is 20.3. The molecule has 3 fully saturated rings. The van der Waals surface area contributed by atoms with Gasteiger partial charge in [0.05, 0.1) is 34.2 Å². The third-order valence-corrected chi connectivity index (χ3v) is 7.41. The van der Waals surface area contributed by atoms with Gasteiger partial charge in [0.2, 0.25) is 5.95 Å². The van der Waals surface area contributed by atoms with Crippen LogP contribution in [0.4, 0.5) is 17.3 Å². The smallest absolute Gasteiger partial charge is 0.227 e. The number of hydrogen-bond acceptors (Lipinski definition) is 6. The van der Waals surface area contributed by atoms with Gasteiger partial charge in [0.1, 0.15) is 0 Å². The molecule has 4 heterocycles. The van der Waals surface area contributed by atoms with E-state index < -0.39 is 0 Å². The Labute approximate surface area is 191 Å². The predicted octanol–water partition coefficient (Wildman–Crippen LogP) is 4.89. The molecule has 0 unspecified atom stereocenters. The number of likely N-dealkylation sites (tertiary alicyclic amines) is 1. The van der Waals surface area contributed by atoms with Gasteiger partial charge in [0, 0.05) is 30.7 Å². The van der Waals surface area contributed by atoms with E-state index in [1.807, 2.05) is 10.7 Å². The van der Waals surface area contributed by atoms with Gasteiger partial charge < -0.3 is 15.1 Å². The molecule has 2 aromatic heterocycles. The van der Waals surface area contributed by atoms with Crippen LogP contribution in [0.2, 0.25) is 10.2 Å². The number of nitrogens with one attached hydrogen (secondary N) is 1. The lowest BCUT2D eigenvalue weighted by atomic mass is 9.99. The molecule has 7 nitrogen and oxygen atoms in total. The van der Waals surface area contributed by atoms with Crippen molar-refractivity contribution in [2.75, 3.05) is 36.4 Å². The van der Waals surface area contributed by atoms with Crippen LogP contribution < -0.4 is 10.2 Å². The maximum atomic E-state index is 6.65. The van der Waals surface area contributed by atoms with Crippen molar-refractivity contribution in [3.8, 4) is 0 Å². The lowest BCUT2D eigenvalue weighted by Crippen LogP contribution is -2.50. The summed E-state index contributed by atoms with van der Waals surface area (Å²) in [5.74, 6) is 0.509. The van der Waals surface area contributed by atoms with Crippen LogP contribution in [0.25, 0.3) is 10.9 Å². The van der Waals surface area contributed by atoms with Crippen molar-refractivity contribution < 1.29 is 0 Å². The van der Waals surface area contributed by atoms with E-state index in [0.717, 1.165) is 59.3 Å². The van der Waals surface area contributed by atoms with Crippen LogP contribution in [-0.4, -0.2) is 56.9 Å². The first-order valence-electron chi connectivity index (χ1n) is 11.1. The van der Waals surface area contributed by atoms with Crippen LogP contribution in [0.1, 0.15) is 38.1 Å². The van der Waals surface area contributed by atoms with E-state index >= 15 is 0 Å². The summed E-state index contributed by atoms with van der Waals surface area (Å²) >= 11 is 13.1. The molecule has 1 aliphatic carbocycles. The van der Waals surface area contributed by atoms with Crippen LogP contribution in [0, 0.1) is 0 Å². The first kappa shape index (κ1) is 19.6. The molecular weight excluding hydrogens is 433 g/mol. The number of anilines is 3. The minimum absolute atomic E-state index is 0.426. The number of fused-ring (bicyclic) bond motifs is 1. The van der Waals surface area contributed by atoms with E-state index in [4.69, 9.17) is 28.2 Å². The van der Waals surface area contributed by atoms with Gasteiger partial charge in [-0.2, -0.15) is 5.10 Å². The second kappa shape index (κ2) is 7.80. The lowest BCUT2D eigenvalue weighted by molar-refractivity contribution is 0.100. The molecule has 3 aliphatic rings. The Morgan fingerprint density at radius 3 is 2.45 bits per heavy atom. The van der Waals surface area contributed by atoms with Crippen molar-refractivity contribution in [1.82, 2.24) is 24.6 Å². The predicted molar refractivity (Wildman–Crippen MR) is 125 cm³/mol. The average Bonchev–Trinajstić information content (AvgIpc) is 3.51. The maximum Gasteiger partial charge on any atom is 0.227 e. The number of rotatable bonds is 5. The summed E-state index contributed by atoms with van der Waals surface area (Å²) in [6.45, 7) is 4.58. The highest BCUT2D eigenvalue weighted by Crippen LogP contribution is 2.39. The Bertz CT molecular complexity index is 1110. The summed E-state index contributed by atoms with van der Waals surface area (Å²) in [5.41, 5.74) is 2.66. The number of piperidine rings is 1. The summed E-state index contributed by atoms with van der Waals surface area (Å²) in [6.07, 6.45) is 9.53. The molecule has 162 valence electrons. The molecular formula is C22H25Cl2N7. The molecule has 9 heteroatoms. The van der Waals surface area contributed by atoms with Gasteiger partial charge >= 0.3 is 0 Å². The summed E-state index contributed by atoms with van der Waals surface area (Å²) in [4.78, 5) is 14.2. The number of halogens is 2. The van der Waals surface area contributed by atoms with Crippen molar-refractivity contribution in [2.45, 2.75) is 44.2 Å². The Morgan fingerprint density at radius 1 is 0.935 bits per heavy atom. The Kier molecular flexibility index (Phi) is 4.93. The Hall–Kier alpha value is -2.09. The first-order valence-corrected chi connectivity index (χ1v) is 11.9. The fraction of sp³-hybridized carbons (Fsp3) is 0.500. The molecule has 0 bridgehead atoms. The zero-order valence-corrected chi connectivity index (χ0v) is 18.8. The standard InChI is InChI=1S/C22H25Cl2N7/c23-17-10-14-12-25-22(28-19-13-26-31(21(19)24)16-2-3-16)27-18(14)11-20(17)30-8-4-15(5-9-30)29-6-1-7-29/h10-13,15-16H,1-9H2,(H,25,27,28). The van der Waals surface area contributed by atoms with Gasteiger partial charge in [-0.25, -0.2) is 14.6 Å². The van der Waals surface area contributed by atoms with Gasteiger partial charge in [-0.3, -0.25) is 0 Å². The summed E-state index contributed by atoms with van der Waals surface area (Å²) in [5, 5.41) is 9.90. The van der Waals surface area contributed by atoms with E-state index in [2.05, 4.69) is 31.3 Å². The highest BCUT2D eigenvalue weighted by atomic mass is 35.5. The molecule has 0 spiro atoms. The zero-order valence-electron chi connectivity index (χ0n) is 17.3. The highest BCUT2D eigenvalue weighted by molar-refractivity contribution is 6.34. The molecule has 0 atom stereocenters. The van der Waals surface area contributed by atoms with Crippen LogP contribution >= 0.6 is 23.2 Å². The third-order valence-electron chi connectivity index (χ3n) is 6.73. The molecule has 2 aliphatic heterocycles. The molecule has 0 amide bonds. The van der Waals surface area contributed by atoms with E-state index in [9.17, 15) is 0 Å². The summed E-state index contributed by atoms with van der Waals surface area (Å²) in [6, 6.07) is 5.21. The molecule has 2 saturated heterocycles. The summed E-state index contributed by atoms with van der Waals surface area (Å²) < 4.78 is 1.87. The minimum atomic E-state index is 0.426. The quantitative estimate of drug-likeness (QED) is 0.588. The van der Waals surface area contributed by atoms with Crippen molar-refractivity contribution in [1.29, 1.82) is 0 Å². The Morgan fingerprint density at radius 2 is 1.74 bits per heavy atom. The number of aromatic nitrogens is 4. The fourth-order valence-corrected chi connectivity index (χ4v) is 5.21. The van der Waals surface area contributed by atoms with E-state index in [0.29, 0.717) is 17.1 Å². The molecule has 0 radical (unpaired) electrons. The number of nitrogens with zero attached hydrogens (tertiary/aromatic N) is 6. The number of benzene rings is 1. The zero-order chi connectivity index (χ0) is 20.9.